The molecule has 0 bridgehead atoms. The van der Waals surface area contributed by atoms with Crippen molar-refractivity contribution in [2.45, 2.75) is 6.42 Å². The van der Waals surface area contributed by atoms with Crippen LogP contribution >= 0.6 is 0 Å². The number of hydrogen-bond acceptors (Lipinski definition) is 3. The average molecular weight is 343 g/mol. The third-order valence-electron chi connectivity index (χ3n) is 3.60. The first-order valence-corrected chi connectivity index (χ1v) is 8.06. The number of amides is 2. The molecule has 0 saturated heterocycles. The zero-order chi connectivity index (χ0) is 18.2. The molecule has 2 N–H and O–H groups in total. The van der Waals surface area contributed by atoms with Gasteiger partial charge in [-0.25, -0.2) is 4.39 Å². The highest BCUT2D eigenvalue weighted by molar-refractivity contribution is 6.05. The lowest BCUT2D eigenvalue weighted by molar-refractivity contribution is 0.0950. The van der Waals surface area contributed by atoms with E-state index in [1.54, 1.807) is 36.4 Å². The van der Waals surface area contributed by atoms with Crippen LogP contribution in [0.25, 0.3) is 0 Å². The third kappa shape index (κ3) is 5.69. The molecule has 2 aromatic rings. The van der Waals surface area contributed by atoms with E-state index in [1.807, 2.05) is 14.1 Å². The third-order valence-corrected chi connectivity index (χ3v) is 3.60. The van der Waals surface area contributed by atoms with Crippen LogP contribution < -0.4 is 10.6 Å². The van der Waals surface area contributed by atoms with E-state index in [0.29, 0.717) is 17.7 Å². The standard InChI is InChI=1S/C19H22FN3O2/c1-23(2)13-5-12-21-18(24)14-8-10-15(11-9-14)19(25)22-17-7-4-3-6-16(17)20/h3-4,6-11H,5,12-13H2,1-2H3,(H,21,24)(H,22,25). The molecular weight excluding hydrogens is 321 g/mol. The van der Waals surface area contributed by atoms with Crippen molar-refractivity contribution in [2.75, 3.05) is 32.5 Å². The van der Waals surface area contributed by atoms with Crippen LogP contribution in [-0.2, 0) is 0 Å². The maximum Gasteiger partial charge on any atom is 0.255 e. The van der Waals surface area contributed by atoms with E-state index in [2.05, 4.69) is 15.5 Å². The highest BCUT2D eigenvalue weighted by Gasteiger charge is 2.10. The Morgan fingerprint density at radius 3 is 2.16 bits per heavy atom. The molecule has 2 aromatic carbocycles. The lowest BCUT2D eigenvalue weighted by Gasteiger charge is -2.10. The smallest absolute Gasteiger partial charge is 0.255 e. The van der Waals surface area contributed by atoms with Gasteiger partial charge in [-0.3, -0.25) is 9.59 Å². The van der Waals surface area contributed by atoms with Gasteiger partial charge in [0, 0.05) is 17.7 Å². The van der Waals surface area contributed by atoms with Crippen molar-refractivity contribution in [1.29, 1.82) is 0 Å². The number of rotatable bonds is 7. The molecule has 0 atom stereocenters. The van der Waals surface area contributed by atoms with Crippen LogP contribution in [-0.4, -0.2) is 43.9 Å². The topological polar surface area (TPSA) is 61.4 Å². The molecule has 5 nitrogen and oxygen atoms in total. The van der Waals surface area contributed by atoms with Crippen LogP contribution in [0.3, 0.4) is 0 Å². The van der Waals surface area contributed by atoms with Gasteiger partial charge in [0.25, 0.3) is 11.8 Å². The van der Waals surface area contributed by atoms with Crippen LogP contribution in [0, 0.1) is 5.82 Å². The monoisotopic (exact) mass is 343 g/mol. The number of anilines is 1. The molecule has 0 heterocycles. The number of carbonyl (C=O) groups is 2. The second-order valence-corrected chi connectivity index (χ2v) is 5.92. The molecule has 0 aromatic heterocycles. The fraction of sp³-hybridized carbons (Fsp3) is 0.263. The number of para-hydroxylation sites is 1. The highest BCUT2D eigenvalue weighted by atomic mass is 19.1. The van der Waals surface area contributed by atoms with Crippen molar-refractivity contribution < 1.29 is 14.0 Å². The Labute approximate surface area is 146 Å². The molecule has 6 heteroatoms. The largest absolute Gasteiger partial charge is 0.352 e. The van der Waals surface area contributed by atoms with Gasteiger partial charge >= 0.3 is 0 Å². The van der Waals surface area contributed by atoms with Crippen molar-refractivity contribution in [1.82, 2.24) is 10.2 Å². The lowest BCUT2D eigenvalue weighted by atomic mass is 10.1. The van der Waals surface area contributed by atoms with Gasteiger partial charge in [0.2, 0.25) is 0 Å². The number of carbonyl (C=O) groups excluding carboxylic acids is 2. The summed E-state index contributed by atoms with van der Waals surface area (Å²) in [4.78, 5) is 26.2. The average Bonchev–Trinajstić information content (AvgIpc) is 2.60. The van der Waals surface area contributed by atoms with E-state index in [0.717, 1.165) is 13.0 Å². The number of nitrogens with one attached hydrogen (secondary N) is 2. The molecule has 25 heavy (non-hydrogen) atoms. The molecule has 0 aliphatic heterocycles. The number of nitrogens with zero attached hydrogens (tertiary/aromatic N) is 1. The summed E-state index contributed by atoms with van der Waals surface area (Å²) in [6.07, 6.45) is 0.863. The summed E-state index contributed by atoms with van der Waals surface area (Å²) in [5.41, 5.74) is 0.954. The normalized spacial score (nSPS) is 10.6. The Morgan fingerprint density at radius 2 is 1.56 bits per heavy atom. The first kappa shape index (κ1) is 18.6. The van der Waals surface area contributed by atoms with Gasteiger partial charge in [0.05, 0.1) is 5.69 Å². The van der Waals surface area contributed by atoms with Gasteiger partial charge < -0.3 is 15.5 Å². The van der Waals surface area contributed by atoms with Gasteiger partial charge in [-0.15, -0.1) is 0 Å². The minimum Gasteiger partial charge on any atom is -0.352 e. The van der Waals surface area contributed by atoms with E-state index in [-0.39, 0.29) is 11.6 Å². The van der Waals surface area contributed by atoms with Gasteiger partial charge in [-0.05, 0) is 63.5 Å². The quantitative estimate of drug-likeness (QED) is 0.760. The van der Waals surface area contributed by atoms with Gasteiger partial charge in [0.15, 0.2) is 0 Å². The maximum absolute atomic E-state index is 13.6. The van der Waals surface area contributed by atoms with Crippen molar-refractivity contribution in [3.05, 3.63) is 65.5 Å². The maximum atomic E-state index is 13.6. The second-order valence-electron chi connectivity index (χ2n) is 5.92. The molecule has 0 spiro atoms. The molecule has 0 fully saturated rings. The molecule has 2 amide bonds. The fourth-order valence-electron chi connectivity index (χ4n) is 2.23. The van der Waals surface area contributed by atoms with Crippen LogP contribution in [0.5, 0.6) is 0 Å². The number of hydrogen-bond donors (Lipinski definition) is 2. The van der Waals surface area contributed by atoms with E-state index < -0.39 is 11.7 Å². The minimum absolute atomic E-state index is 0.121. The highest BCUT2D eigenvalue weighted by Crippen LogP contribution is 2.14. The molecule has 0 aliphatic rings. The van der Waals surface area contributed by atoms with Crippen molar-refractivity contribution in [2.24, 2.45) is 0 Å². The molecule has 0 unspecified atom stereocenters. The Balaban J connectivity index is 1.91. The number of halogens is 1. The summed E-state index contributed by atoms with van der Waals surface area (Å²) in [5, 5.41) is 5.34. The molecule has 0 saturated carbocycles. The summed E-state index contributed by atoms with van der Waals surface area (Å²) in [6, 6.07) is 12.2. The Bertz CT molecular complexity index is 730. The fourth-order valence-corrected chi connectivity index (χ4v) is 2.23. The summed E-state index contributed by atoms with van der Waals surface area (Å²) in [5.74, 6) is -1.10. The van der Waals surface area contributed by atoms with Gasteiger partial charge in [-0.1, -0.05) is 12.1 Å². The van der Waals surface area contributed by atoms with Gasteiger partial charge in [0.1, 0.15) is 5.82 Å². The molecular formula is C19H22FN3O2. The van der Waals surface area contributed by atoms with Crippen molar-refractivity contribution >= 4 is 17.5 Å². The van der Waals surface area contributed by atoms with Gasteiger partial charge in [-0.2, -0.15) is 0 Å². The van der Waals surface area contributed by atoms with E-state index >= 15 is 0 Å². The zero-order valence-corrected chi connectivity index (χ0v) is 14.4. The first-order valence-electron chi connectivity index (χ1n) is 8.06. The van der Waals surface area contributed by atoms with Crippen molar-refractivity contribution in [3.8, 4) is 0 Å². The SMILES string of the molecule is CN(C)CCCNC(=O)c1ccc(C(=O)Nc2ccccc2F)cc1. The van der Waals surface area contributed by atoms with Crippen LogP contribution in [0.1, 0.15) is 27.1 Å². The predicted molar refractivity (Wildman–Crippen MR) is 96.3 cm³/mol. The zero-order valence-electron chi connectivity index (χ0n) is 14.4. The summed E-state index contributed by atoms with van der Waals surface area (Å²) < 4.78 is 13.6. The van der Waals surface area contributed by atoms with E-state index in [4.69, 9.17) is 0 Å². The summed E-state index contributed by atoms with van der Waals surface area (Å²) >= 11 is 0. The number of benzene rings is 2. The van der Waals surface area contributed by atoms with Crippen LogP contribution in [0.4, 0.5) is 10.1 Å². The van der Waals surface area contributed by atoms with Crippen molar-refractivity contribution in [3.63, 3.8) is 0 Å². The second kappa shape index (κ2) is 8.94. The van der Waals surface area contributed by atoms with Crippen LogP contribution in [0.15, 0.2) is 48.5 Å². The molecule has 2 rings (SSSR count). The Morgan fingerprint density at radius 1 is 0.960 bits per heavy atom. The first-order chi connectivity index (χ1) is 12.0. The van der Waals surface area contributed by atoms with Crippen LogP contribution in [0.2, 0.25) is 0 Å². The minimum atomic E-state index is -0.496. The molecule has 0 radical (unpaired) electrons. The molecule has 132 valence electrons. The predicted octanol–water partition coefficient (Wildman–Crippen LogP) is 2.76. The summed E-state index contributed by atoms with van der Waals surface area (Å²) in [6.45, 7) is 1.49. The lowest BCUT2D eigenvalue weighted by Crippen LogP contribution is -2.27. The van der Waals surface area contributed by atoms with E-state index in [1.165, 1.54) is 12.1 Å². The Hall–Kier alpha value is -2.73. The molecule has 0 aliphatic carbocycles. The van der Waals surface area contributed by atoms with E-state index in [9.17, 15) is 14.0 Å². The summed E-state index contributed by atoms with van der Waals surface area (Å²) in [7, 11) is 3.96. The Kier molecular flexibility index (Phi) is 6.65.